The first-order valence-corrected chi connectivity index (χ1v) is 6.55. The second kappa shape index (κ2) is 5.68. The zero-order chi connectivity index (χ0) is 12.1. The van der Waals surface area contributed by atoms with Crippen LogP contribution in [0, 0.1) is 0 Å². The normalized spacial score (nSPS) is 12.3. The van der Waals surface area contributed by atoms with Gasteiger partial charge in [-0.1, -0.05) is 0 Å². The molecule has 0 aromatic carbocycles. The highest BCUT2D eigenvalue weighted by atomic mass is 32.1. The monoisotopic (exact) mass is 249 g/mol. The van der Waals surface area contributed by atoms with Crippen LogP contribution in [-0.4, -0.2) is 11.9 Å². The Morgan fingerprint density at radius 2 is 2.41 bits per heavy atom. The summed E-state index contributed by atoms with van der Waals surface area (Å²) in [5, 5.41) is 6.73. The first kappa shape index (κ1) is 11.9. The molecule has 2 heterocycles. The maximum absolute atomic E-state index is 11.7. The minimum atomic E-state index is -0.00167. The van der Waals surface area contributed by atoms with Crippen molar-refractivity contribution in [3.05, 3.63) is 46.5 Å². The molecule has 0 fully saturated rings. The lowest BCUT2D eigenvalue weighted by molar-refractivity contribution is 0.0938. The summed E-state index contributed by atoms with van der Waals surface area (Å²) in [6.45, 7) is 2.01. The Labute approximate surface area is 104 Å². The van der Waals surface area contributed by atoms with Crippen LogP contribution in [0.15, 0.2) is 39.6 Å². The number of carbonyl (C=O) groups is 1. The molecular formula is C13H15NO2S. The van der Waals surface area contributed by atoms with Crippen LogP contribution >= 0.6 is 11.3 Å². The van der Waals surface area contributed by atoms with Crippen LogP contribution in [0.4, 0.5) is 0 Å². The molecule has 2 aromatic heterocycles. The quantitative estimate of drug-likeness (QED) is 0.884. The van der Waals surface area contributed by atoms with Crippen molar-refractivity contribution in [2.24, 2.45) is 0 Å². The van der Waals surface area contributed by atoms with Gasteiger partial charge in [-0.3, -0.25) is 4.79 Å². The van der Waals surface area contributed by atoms with E-state index in [-0.39, 0.29) is 11.9 Å². The third-order valence-corrected chi connectivity index (χ3v) is 3.25. The van der Waals surface area contributed by atoms with Crippen LogP contribution < -0.4 is 5.32 Å². The van der Waals surface area contributed by atoms with Gasteiger partial charge in [-0.05, 0) is 36.9 Å². The molecule has 2 aromatic rings. The van der Waals surface area contributed by atoms with Gasteiger partial charge in [-0.15, -0.1) is 0 Å². The number of nitrogens with one attached hydrogen (secondary N) is 1. The molecule has 1 amide bonds. The van der Waals surface area contributed by atoms with Crippen molar-refractivity contribution >= 4 is 17.2 Å². The van der Waals surface area contributed by atoms with Crippen LogP contribution in [0.25, 0.3) is 0 Å². The number of furan rings is 1. The molecule has 0 aliphatic heterocycles. The van der Waals surface area contributed by atoms with Gasteiger partial charge < -0.3 is 9.73 Å². The smallest absolute Gasteiger partial charge is 0.252 e. The van der Waals surface area contributed by atoms with Crippen molar-refractivity contribution in [2.45, 2.75) is 25.8 Å². The summed E-state index contributed by atoms with van der Waals surface area (Å²) in [6, 6.07) is 5.81. The van der Waals surface area contributed by atoms with Gasteiger partial charge in [0.25, 0.3) is 5.91 Å². The molecule has 0 aliphatic carbocycles. The Kier molecular flexibility index (Phi) is 3.98. The molecule has 1 atom stereocenters. The first-order valence-electron chi connectivity index (χ1n) is 5.61. The van der Waals surface area contributed by atoms with E-state index in [1.807, 2.05) is 35.9 Å². The molecule has 0 saturated carbocycles. The van der Waals surface area contributed by atoms with Gasteiger partial charge in [-0.25, -0.2) is 0 Å². The van der Waals surface area contributed by atoms with Gasteiger partial charge in [0.2, 0.25) is 0 Å². The van der Waals surface area contributed by atoms with Gasteiger partial charge in [0, 0.05) is 23.4 Å². The van der Waals surface area contributed by atoms with E-state index in [9.17, 15) is 4.79 Å². The van der Waals surface area contributed by atoms with Crippen molar-refractivity contribution in [1.29, 1.82) is 0 Å². The van der Waals surface area contributed by atoms with E-state index in [4.69, 9.17) is 4.42 Å². The Morgan fingerprint density at radius 1 is 1.53 bits per heavy atom. The fourth-order valence-corrected chi connectivity index (χ4v) is 2.22. The van der Waals surface area contributed by atoms with Crippen molar-refractivity contribution in [1.82, 2.24) is 5.32 Å². The van der Waals surface area contributed by atoms with Crippen LogP contribution in [0.1, 0.15) is 29.5 Å². The highest BCUT2D eigenvalue weighted by Crippen LogP contribution is 2.08. The lowest BCUT2D eigenvalue weighted by Gasteiger charge is -2.12. The third-order valence-electron chi connectivity index (χ3n) is 2.56. The molecule has 0 radical (unpaired) electrons. The number of hydrogen-bond donors (Lipinski definition) is 1. The van der Waals surface area contributed by atoms with E-state index in [0.717, 1.165) is 24.2 Å². The van der Waals surface area contributed by atoms with E-state index in [0.29, 0.717) is 0 Å². The molecule has 2 rings (SSSR count). The van der Waals surface area contributed by atoms with E-state index >= 15 is 0 Å². The summed E-state index contributed by atoms with van der Waals surface area (Å²) in [5.74, 6) is 0.958. The number of thiophene rings is 1. The Hall–Kier alpha value is -1.55. The van der Waals surface area contributed by atoms with E-state index in [2.05, 4.69) is 5.32 Å². The molecule has 0 saturated heterocycles. The summed E-state index contributed by atoms with van der Waals surface area (Å²) < 4.78 is 5.25. The largest absolute Gasteiger partial charge is 0.469 e. The molecule has 90 valence electrons. The Balaban J connectivity index is 1.77. The molecule has 1 N–H and O–H groups in total. The lowest BCUT2D eigenvalue weighted by atomic mass is 10.1. The van der Waals surface area contributed by atoms with E-state index in [1.165, 1.54) is 11.3 Å². The summed E-state index contributed by atoms with van der Waals surface area (Å²) in [7, 11) is 0. The third kappa shape index (κ3) is 3.46. The minimum absolute atomic E-state index is 0.00167. The van der Waals surface area contributed by atoms with Crippen LogP contribution in [-0.2, 0) is 6.42 Å². The van der Waals surface area contributed by atoms with Gasteiger partial charge in [-0.2, -0.15) is 11.3 Å². The highest BCUT2D eigenvalue weighted by Gasteiger charge is 2.10. The second-order valence-electron chi connectivity index (χ2n) is 4.00. The standard InChI is InChI=1S/C13H15NO2S/c1-10(4-5-12-3-2-7-16-12)14-13(15)11-6-8-17-9-11/h2-3,6-10H,4-5H2,1H3,(H,14,15). The van der Waals surface area contributed by atoms with Crippen molar-refractivity contribution in [3.63, 3.8) is 0 Å². The number of hydrogen-bond acceptors (Lipinski definition) is 3. The molecule has 0 spiro atoms. The maximum atomic E-state index is 11.7. The van der Waals surface area contributed by atoms with Gasteiger partial charge in [0.15, 0.2) is 0 Å². The van der Waals surface area contributed by atoms with Gasteiger partial charge in [0.05, 0.1) is 6.26 Å². The molecule has 0 bridgehead atoms. The summed E-state index contributed by atoms with van der Waals surface area (Å²) in [5.41, 5.74) is 0.736. The topological polar surface area (TPSA) is 42.2 Å². The molecule has 17 heavy (non-hydrogen) atoms. The van der Waals surface area contributed by atoms with Crippen molar-refractivity contribution < 1.29 is 9.21 Å². The summed E-state index contributed by atoms with van der Waals surface area (Å²) >= 11 is 1.53. The highest BCUT2D eigenvalue weighted by molar-refractivity contribution is 7.08. The molecule has 0 aliphatic rings. The van der Waals surface area contributed by atoms with E-state index in [1.54, 1.807) is 6.26 Å². The number of rotatable bonds is 5. The Morgan fingerprint density at radius 3 is 3.06 bits per heavy atom. The van der Waals surface area contributed by atoms with Gasteiger partial charge >= 0.3 is 0 Å². The first-order chi connectivity index (χ1) is 8.25. The minimum Gasteiger partial charge on any atom is -0.469 e. The Bertz CT molecular complexity index is 448. The molecule has 1 unspecified atom stereocenters. The second-order valence-corrected chi connectivity index (χ2v) is 4.78. The van der Waals surface area contributed by atoms with Crippen LogP contribution in [0.2, 0.25) is 0 Å². The van der Waals surface area contributed by atoms with Crippen LogP contribution in [0.5, 0.6) is 0 Å². The molecular weight excluding hydrogens is 234 g/mol. The fraction of sp³-hybridized carbons (Fsp3) is 0.308. The number of amides is 1. The zero-order valence-corrected chi connectivity index (χ0v) is 10.5. The van der Waals surface area contributed by atoms with E-state index < -0.39 is 0 Å². The van der Waals surface area contributed by atoms with Crippen molar-refractivity contribution in [3.8, 4) is 0 Å². The number of carbonyl (C=O) groups excluding carboxylic acids is 1. The SMILES string of the molecule is CC(CCc1ccco1)NC(=O)c1ccsc1. The van der Waals surface area contributed by atoms with Crippen LogP contribution in [0.3, 0.4) is 0 Å². The fourth-order valence-electron chi connectivity index (χ4n) is 1.59. The lowest BCUT2D eigenvalue weighted by Crippen LogP contribution is -2.32. The predicted molar refractivity (Wildman–Crippen MR) is 68.3 cm³/mol. The van der Waals surface area contributed by atoms with Crippen molar-refractivity contribution in [2.75, 3.05) is 0 Å². The average molecular weight is 249 g/mol. The molecule has 4 heteroatoms. The predicted octanol–water partition coefficient (Wildman–Crippen LogP) is 3.09. The molecule has 3 nitrogen and oxygen atoms in total. The number of aryl methyl sites for hydroxylation is 1. The maximum Gasteiger partial charge on any atom is 0.252 e. The average Bonchev–Trinajstić information content (AvgIpc) is 2.99. The zero-order valence-electron chi connectivity index (χ0n) is 9.68. The van der Waals surface area contributed by atoms with Gasteiger partial charge in [0.1, 0.15) is 5.76 Å². The summed E-state index contributed by atoms with van der Waals surface area (Å²) in [6.07, 6.45) is 3.39. The summed E-state index contributed by atoms with van der Waals surface area (Å²) in [4.78, 5) is 11.7.